The number of aldehydes is 2. The lowest BCUT2D eigenvalue weighted by molar-refractivity contribution is 0.111. The fourth-order valence-electron chi connectivity index (χ4n) is 8.48. The third-order valence-corrected chi connectivity index (χ3v) is 11.9. The third kappa shape index (κ3) is 9.56. The molecule has 68 heavy (non-hydrogen) atoms. The smallest absolute Gasteiger partial charge is 0.423 e. The van der Waals surface area contributed by atoms with Crippen LogP contribution >= 0.6 is 15.9 Å². The van der Waals surface area contributed by atoms with E-state index in [4.69, 9.17) is 15.1 Å². The van der Waals surface area contributed by atoms with E-state index in [1.807, 2.05) is 100 Å². The van der Waals surface area contributed by atoms with Gasteiger partial charge in [0.15, 0.2) is 12.1 Å². The molecule has 2 N–H and O–H groups in total. The van der Waals surface area contributed by atoms with E-state index in [2.05, 4.69) is 140 Å². The molecule has 10 nitrogen and oxygen atoms in total. The minimum absolute atomic E-state index is 0.238. The molecule has 0 aliphatic carbocycles. The highest BCUT2D eigenvalue weighted by Gasteiger charge is 2.41. The molecule has 0 atom stereocenters. The summed E-state index contributed by atoms with van der Waals surface area (Å²) in [5.41, 5.74) is 7.09. The van der Waals surface area contributed by atoms with Crippen LogP contribution in [0.5, 0.6) is 0 Å². The van der Waals surface area contributed by atoms with Crippen LogP contribution in [0, 0.1) is 0 Å². The first-order valence-corrected chi connectivity index (χ1v) is 22.5. The topological polar surface area (TPSA) is 136 Å². The lowest BCUT2D eigenvalue weighted by Crippen LogP contribution is -2.38. The number of carbonyl (C=O) groups is 2. The Morgan fingerprint density at radius 2 is 0.735 bits per heavy atom. The molecule has 332 valence electrons. The molecular weight excluding hydrogens is 911 g/mol. The summed E-state index contributed by atoms with van der Waals surface area (Å²) in [5.74, 6) is 0.514. The van der Waals surface area contributed by atoms with Crippen molar-refractivity contribution >= 4 is 41.1 Å². The molecule has 10 rings (SSSR count). The van der Waals surface area contributed by atoms with E-state index in [0.717, 1.165) is 39.7 Å². The number of hydrogen-bond donors (Lipinski definition) is 2. The second kappa shape index (κ2) is 21.9. The SMILES string of the molecule is Brc1ncn(C(c2ccccc2)(c2ccccc2)c2ccccc2)n1.O=Cc1ccccc1-c1ncn(C(c2ccccc2)(c2ccccc2)c2ccccc2)n1.O=Cc1ccccc1B(O)O. The number of rotatable bonds is 12. The van der Waals surface area contributed by atoms with Crippen molar-refractivity contribution in [3.63, 3.8) is 0 Å². The van der Waals surface area contributed by atoms with Gasteiger partial charge in [-0.3, -0.25) is 9.59 Å². The third-order valence-electron chi connectivity index (χ3n) is 11.5. The average Bonchev–Trinajstić information content (AvgIpc) is 4.09. The summed E-state index contributed by atoms with van der Waals surface area (Å²) < 4.78 is 4.40. The summed E-state index contributed by atoms with van der Waals surface area (Å²) in [6.07, 6.45) is 4.96. The minimum atomic E-state index is -1.57. The number of aromatic nitrogens is 6. The molecule has 0 saturated heterocycles. The van der Waals surface area contributed by atoms with Crippen LogP contribution in [0.3, 0.4) is 0 Å². The van der Waals surface area contributed by atoms with Crippen molar-refractivity contribution in [2.75, 3.05) is 0 Å². The maximum absolute atomic E-state index is 11.6. The van der Waals surface area contributed by atoms with Crippen molar-refractivity contribution in [2.24, 2.45) is 0 Å². The van der Waals surface area contributed by atoms with Crippen LogP contribution in [0.2, 0.25) is 0 Å². The van der Waals surface area contributed by atoms with Gasteiger partial charge < -0.3 is 10.0 Å². The number of benzene rings is 8. The average molecular weight is 956 g/mol. The normalized spacial score (nSPS) is 11.0. The largest absolute Gasteiger partial charge is 0.489 e. The summed E-state index contributed by atoms with van der Waals surface area (Å²) in [7, 11) is -1.57. The Hall–Kier alpha value is -8.16. The Bertz CT molecular complexity index is 2970. The van der Waals surface area contributed by atoms with Crippen molar-refractivity contribution in [3.8, 4) is 11.4 Å². The molecule has 0 aliphatic rings. The highest BCUT2D eigenvalue weighted by atomic mass is 79.9. The van der Waals surface area contributed by atoms with Crippen LogP contribution in [0.1, 0.15) is 54.1 Å². The highest BCUT2D eigenvalue weighted by molar-refractivity contribution is 9.10. The Labute approximate surface area is 403 Å². The Balaban J connectivity index is 0.000000154. The first-order chi connectivity index (χ1) is 33.4. The van der Waals surface area contributed by atoms with Gasteiger partial charge in [-0.25, -0.2) is 19.3 Å². The van der Waals surface area contributed by atoms with E-state index in [9.17, 15) is 9.59 Å². The van der Waals surface area contributed by atoms with Crippen LogP contribution < -0.4 is 5.46 Å². The molecule has 0 radical (unpaired) electrons. The maximum atomic E-state index is 11.6. The summed E-state index contributed by atoms with van der Waals surface area (Å²) in [5, 5.41) is 27.0. The molecule has 0 fully saturated rings. The second-order valence-corrected chi connectivity index (χ2v) is 16.1. The zero-order chi connectivity index (χ0) is 47.2. The van der Waals surface area contributed by atoms with E-state index < -0.39 is 18.2 Å². The summed E-state index contributed by atoms with van der Waals surface area (Å²) in [4.78, 5) is 30.9. The van der Waals surface area contributed by atoms with Crippen molar-refractivity contribution in [2.45, 2.75) is 11.1 Å². The van der Waals surface area contributed by atoms with Gasteiger partial charge in [0.2, 0.25) is 4.73 Å². The van der Waals surface area contributed by atoms with Crippen LogP contribution in [-0.2, 0) is 11.1 Å². The van der Waals surface area contributed by atoms with E-state index in [1.165, 1.54) is 12.1 Å². The molecular formula is C56H44BBrN6O4. The molecule has 2 heterocycles. The van der Waals surface area contributed by atoms with E-state index in [1.54, 1.807) is 30.9 Å². The molecule has 2 aromatic heterocycles. The number of carbonyl (C=O) groups excluding carboxylic acids is 2. The molecule has 0 amide bonds. The summed E-state index contributed by atoms with van der Waals surface area (Å²) >= 11 is 3.40. The van der Waals surface area contributed by atoms with Crippen LogP contribution in [-0.4, -0.2) is 59.3 Å². The predicted octanol–water partition coefficient (Wildman–Crippen LogP) is 9.66. The van der Waals surface area contributed by atoms with Crippen LogP contribution in [0.15, 0.2) is 248 Å². The van der Waals surface area contributed by atoms with Crippen molar-refractivity contribution in [1.82, 2.24) is 29.5 Å². The number of nitrogens with zero attached hydrogens (tertiary/aromatic N) is 6. The quantitative estimate of drug-likeness (QED) is 0.0703. The van der Waals surface area contributed by atoms with Crippen LogP contribution in [0.25, 0.3) is 11.4 Å². The molecule has 0 unspecified atom stereocenters. The highest BCUT2D eigenvalue weighted by Crippen LogP contribution is 2.42. The predicted molar refractivity (Wildman–Crippen MR) is 269 cm³/mol. The Morgan fingerprint density at radius 1 is 0.412 bits per heavy atom. The zero-order valence-corrected chi connectivity index (χ0v) is 38.2. The van der Waals surface area contributed by atoms with E-state index >= 15 is 0 Å². The van der Waals surface area contributed by atoms with Crippen molar-refractivity contribution < 1.29 is 19.6 Å². The molecule has 12 heteroatoms. The maximum Gasteiger partial charge on any atom is 0.489 e. The van der Waals surface area contributed by atoms with Gasteiger partial charge in [0.25, 0.3) is 0 Å². The molecule has 8 aromatic carbocycles. The fourth-order valence-corrected chi connectivity index (χ4v) is 8.74. The first kappa shape index (κ1) is 46.4. The zero-order valence-electron chi connectivity index (χ0n) is 36.6. The molecule has 0 spiro atoms. The summed E-state index contributed by atoms with van der Waals surface area (Å²) in [6, 6.07) is 75.9. The minimum Gasteiger partial charge on any atom is -0.423 e. The summed E-state index contributed by atoms with van der Waals surface area (Å²) in [6.45, 7) is 0. The van der Waals surface area contributed by atoms with E-state index in [-0.39, 0.29) is 5.46 Å². The van der Waals surface area contributed by atoms with Crippen molar-refractivity contribution in [3.05, 3.63) is 292 Å². The molecule has 0 saturated carbocycles. The number of halogens is 1. The molecule has 0 aliphatic heterocycles. The van der Waals surface area contributed by atoms with Crippen LogP contribution in [0.4, 0.5) is 0 Å². The van der Waals surface area contributed by atoms with E-state index in [0.29, 0.717) is 33.5 Å². The van der Waals surface area contributed by atoms with Gasteiger partial charge in [-0.05, 0) is 54.8 Å². The number of hydrogen-bond acceptors (Lipinski definition) is 8. The lowest BCUT2D eigenvalue weighted by Gasteiger charge is -2.35. The van der Waals surface area contributed by atoms with Gasteiger partial charge in [0.05, 0.1) is 0 Å². The van der Waals surface area contributed by atoms with Gasteiger partial charge in [-0.1, -0.05) is 231 Å². The standard InChI is InChI=1S/C28H21N3O.C21H16BrN3.C7H7BO3/c32-20-22-12-10-11-19-26(22)27-29-21-31(30-27)28(23-13-4-1-5-14-23,24-15-6-2-7-16-24)25-17-8-3-9-18-25;22-20-23-16-25(24-20)21(17-10-4-1-5-11-17,18-12-6-2-7-13-18)19-14-8-3-9-15-19;9-5-6-3-1-2-4-7(6)8(10)11/h1-21H;1-16H;1-5,10-11H. The van der Waals surface area contributed by atoms with Gasteiger partial charge in [-0.15, -0.1) is 10.2 Å². The fraction of sp³-hybridized carbons (Fsp3) is 0.0357. The lowest BCUT2D eigenvalue weighted by atomic mass is 9.77. The second-order valence-electron chi connectivity index (χ2n) is 15.4. The van der Waals surface area contributed by atoms with Gasteiger partial charge in [-0.2, -0.15) is 0 Å². The Kier molecular flexibility index (Phi) is 14.9. The van der Waals surface area contributed by atoms with Gasteiger partial charge in [0.1, 0.15) is 30.0 Å². The Morgan fingerprint density at radius 3 is 1.07 bits per heavy atom. The molecule has 10 aromatic rings. The molecule has 0 bridgehead atoms. The van der Waals surface area contributed by atoms with Gasteiger partial charge in [0, 0.05) is 16.7 Å². The first-order valence-electron chi connectivity index (χ1n) is 21.7. The van der Waals surface area contributed by atoms with Crippen molar-refractivity contribution in [1.29, 1.82) is 0 Å². The van der Waals surface area contributed by atoms with Gasteiger partial charge >= 0.3 is 7.12 Å². The monoisotopic (exact) mass is 954 g/mol.